The van der Waals surface area contributed by atoms with Crippen LogP contribution in [0.15, 0.2) is 35.5 Å². The highest BCUT2D eigenvalue weighted by molar-refractivity contribution is 6.42. The number of hydrogen-bond donors (Lipinski definition) is 1. The second-order valence-electron chi connectivity index (χ2n) is 7.56. The van der Waals surface area contributed by atoms with Crippen LogP contribution in [-0.2, 0) is 4.79 Å². The van der Waals surface area contributed by atoms with Crippen molar-refractivity contribution >= 4 is 34.9 Å². The lowest BCUT2D eigenvalue weighted by molar-refractivity contribution is -0.128. The van der Waals surface area contributed by atoms with Crippen LogP contribution < -0.4 is 5.32 Å². The van der Waals surface area contributed by atoms with Gasteiger partial charge in [-0.25, -0.2) is 4.68 Å². The van der Waals surface area contributed by atoms with Crippen molar-refractivity contribution in [1.82, 2.24) is 14.7 Å². The van der Waals surface area contributed by atoms with E-state index < -0.39 is 0 Å². The summed E-state index contributed by atoms with van der Waals surface area (Å²) in [6, 6.07) is 7.47. The molecule has 0 saturated carbocycles. The van der Waals surface area contributed by atoms with Crippen molar-refractivity contribution in [3.05, 3.63) is 56.8 Å². The molecule has 1 fully saturated rings. The summed E-state index contributed by atoms with van der Waals surface area (Å²) in [5.41, 5.74) is 3.36. The molecule has 1 saturated heterocycles. The van der Waals surface area contributed by atoms with E-state index in [4.69, 9.17) is 23.2 Å². The molecule has 0 bridgehead atoms. The van der Waals surface area contributed by atoms with Gasteiger partial charge in [-0.3, -0.25) is 4.79 Å². The van der Waals surface area contributed by atoms with Gasteiger partial charge in [0.2, 0.25) is 0 Å². The maximum absolute atomic E-state index is 13.7. The van der Waals surface area contributed by atoms with Crippen molar-refractivity contribution in [3.63, 3.8) is 0 Å². The number of fused-ring (bicyclic) bond motifs is 1. The number of nitrogens with one attached hydrogen (secondary N) is 1. The van der Waals surface area contributed by atoms with Gasteiger partial charge in [-0.1, -0.05) is 36.2 Å². The number of rotatable bonds is 3. The average molecular weight is 419 g/mol. The summed E-state index contributed by atoms with van der Waals surface area (Å²) in [4.78, 5) is 15.7. The lowest BCUT2D eigenvalue weighted by Crippen LogP contribution is -2.40. The van der Waals surface area contributed by atoms with Gasteiger partial charge < -0.3 is 10.2 Å². The molecule has 2 unspecified atom stereocenters. The number of hydrogen-bond acceptors (Lipinski definition) is 3. The van der Waals surface area contributed by atoms with E-state index in [-0.39, 0.29) is 11.9 Å². The molecule has 148 valence electrons. The quantitative estimate of drug-likeness (QED) is 0.745. The van der Waals surface area contributed by atoms with Gasteiger partial charge in [0.05, 0.1) is 21.3 Å². The SMILES string of the molecule is CCC1CCCN1C(=O)C1=C(C)Nc2cc(C)nn2C1c1ccc(Cl)c(Cl)c1. The molecule has 1 aromatic carbocycles. The zero-order valence-corrected chi connectivity index (χ0v) is 17.8. The van der Waals surface area contributed by atoms with E-state index in [9.17, 15) is 4.79 Å². The summed E-state index contributed by atoms with van der Waals surface area (Å²) in [6.45, 7) is 6.85. The number of aromatic nitrogens is 2. The number of allylic oxidation sites excluding steroid dienone is 1. The maximum atomic E-state index is 13.7. The number of amides is 1. The molecule has 2 aromatic rings. The van der Waals surface area contributed by atoms with Crippen LogP contribution in [0.25, 0.3) is 0 Å². The number of anilines is 1. The third-order valence-electron chi connectivity index (χ3n) is 5.69. The van der Waals surface area contributed by atoms with Crippen LogP contribution in [0.1, 0.15) is 50.4 Å². The number of benzene rings is 1. The minimum atomic E-state index is -0.342. The monoisotopic (exact) mass is 418 g/mol. The normalized spacial score (nSPS) is 21.7. The number of nitrogens with zero attached hydrogens (tertiary/aromatic N) is 3. The summed E-state index contributed by atoms with van der Waals surface area (Å²) in [5, 5.41) is 9.00. The Bertz CT molecular complexity index is 965. The molecular formula is C21H24Cl2N4O. The van der Waals surface area contributed by atoms with Crippen LogP contribution in [0.2, 0.25) is 10.0 Å². The number of carbonyl (C=O) groups is 1. The Morgan fingerprint density at radius 2 is 2.04 bits per heavy atom. The third-order valence-corrected chi connectivity index (χ3v) is 6.43. The molecule has 1 N–H and O–H groups in total. The number of likely N-dealkylation sites (tertiary alicyclic amines) is 1. The van der Waals surface area contributed by atoms with Gasteiger partial charge in [0.25, 0.3) is 5.91 Å². The molecule has 2 aliphatic rings. The number of carbonyl (C=O) groups excluding carboxylic acids is 1. The summed E-state index contributed by atoms with van der Waals surface area (Å²) in [6.07, 6.45) is 3.08. The first-order valence-corrected chi connectivity index (χ1v) is 10.5. The standard InChI is InChI=1S/C21H24Cl2N4O/c1-4-15-6-5-9-26(15)21(28)19-13(3)24-18-10-12(2)25-27(18)20(19)14-7-8-16(22)17(23)11-14/h7-8,10-11,15,20,24H,4-6,9H2,1-3H3. The predicted molar refractivity (Wildman–Crippen MR) is 113 cm³/mol. The lowest BCUT2D eigenvalue weighted by Gasteiger charge is -2.33. The van der Waals surface area contributed by atoms with Gasteiger partial charge in [0.1, 0.15) is 11.9 Å². The zero-order chi connectivity index (χ0) is 20.0. The molecule has 0 aliphatic carbocycles. The van der Waals surface area contributed by atoms with Crippen LogP contribution in [0.3, 0.4) is 0 Å². The molecule has 1 amide bonds. The Morgan fingerprint density at radius 1 is 1.25 bits per heavy atom. The molecule has 2 atom stereocenters. The number of aryl methyl sites for hydroxylation is 1. The molecule has 3 heterocycles. The van der Waals surface area contributed by atoms with Crippen LogP contribution in [-0.4, -0.2) is 33.2 Å². The van der Waals surface area contributed by atoms with E-state index in [2.05, 4.69) is 17.3 Å². The Balaban J connectivity index is 1.84. The van der Waals surface area contributed by atoms with Gasteiger partial charge in [0, 0.05) is 24.4 Å². The molecule has 0 radical (unpaired) electrons. The molecule has 1 aromatic heterocycles. The van der Waals surface area contributed by atoms with E-state index in [0.717, 1.165) is 48.6 Å². The molecule has 0 spiro atoms. The van der Waals surface area contributed by atoms with Gasteiger partial charge >= 0.3 is 0 Å². The lowest BCUT2D eigenvalue weighted by atomic mass is 9.94. The van der Waals surface area contributed by atoms with Gasteiger partial charge in [0.15, 0.2) is 0 Å². The Labute approximate surface area is 175 Å². The van der Waals surface area contributed by atoms with Crippen molar-refractivity contribution in [2.24, 2.45) is 0 Å². The smallest absolute Gasteiger partial charge is 0.254 e. The molecule has 4 rings (SSSR count). The maximum Gasteiger partial charge on any atom is 0.254 e. The van der Waals surface area contributed by atoms with Gasteiger partial charge in [-0.2, -0.15) is 5.10 Å². The first kappa shape index (κ1) is 19.3. The fourth-order valence-corrected chi connectivity index (χ4v) is 4.65. The fourth-order valence-electron chi connectivity index (χ4n) is 4.34. The van der Waals surface area contributed by atoms with E-state index in [1.807, 2.05) is 41.6 Å². The van der Waals surface area contributed by atoms with E-state index >= 15 is 0 Å². The molecule has 28 heavy (non-hydrogen) atoms. The summed E-state index contributed by atoms with van der Waals surface area (Å²) < 4.78 is 1.88. The topological polar surface area (TPSA) is 50.2 Å². The Kier molecular flexibility index (Phi) is 5.15. The van der Waals surface area contributed by atoms with Gasteiger partial charge in [-0.15, -0.1) is 0 Å². The second-order valence-corrected chi connectivity index (χ2v) is 8.37. The zero-order valence-electron chi connectivity index (χ0n) is 16.3. The summed E-state index contributed by atoms with van der Waals surface area (Å²) in [5.74, 6) is 0.945. The minimum Gasteiger partial charge on any atom is -0.344 e. The third kappa shape index (κ3) is 3.20. The summed E-state index contributed by atoms with van der Waals surface area (Å²) >= 11 is 12.5. The first-order valence-electron chi connectivity index (χ1n) is 9.70. The van der Waals surface area contributed by atoms with Crippen molar-refractivity contribution in [3.8, 4) is 0 Å². The van der Waals surface area contributed by atoms with Crippen molar-refractivity contribution in [2.45, 2.75) is 52.1 Å². The van der Waals surface area contributed by atoms with Crippen LogP contribution in [0.5, 0.6) is 0 Å². The predicted octanol–water partition coefficient (Wildman–Crippen LogP) is 5.19. The number of halogens is 2. The van der Waals surface area contributed by atoms with Crippen molar-refractivity contribution in [2.75, 3.05) is 11.9 Å². The summed E-state index contributed by atoms with van der Waals surface area (Å²) in [7, 11) is 0. The van der Waals surface area contributed by atoms with Crippen LogP contribution in [0, 0.1) is 6.92 Å². The average Bonchev–Trinajstić information content (AvgIpc) is 3.27. The van der Waals surface area contributed by atoms with E-state index in [0.29, 0.717) is 21.7 Å². The largest absolute Gasteiger partial charge is 0.344 e. The molecule has 7 heteroatoms. The van der Waals surface area contributed by atoms with Crippen molar-refractivity contribution in [1.29, 1.82) is 0 Å². The Hall–Kier alpha value is -1.98. The highest BCUT2D eigenvalue weighted by Gasteiger charge is 2.38. The minimum absolute atomic E-state index is 0.0734. The highest BCUT2D eigenvalue weighted by atomic mass is 35.5. The van der Waals surface area contributed by atoms with Crippen LogP contribution >= 0.6 is 23.2 Å². The van der Waals surface area contributed by atoms with Crippen LogP contribution in [0.4, 0.5) is 5.82 Å². The van der Waals surface area contributed by atoms with E-state index in [1.165, 1.54) is 0 Å². The van der Waals surface area contributed by atoms with Gasteiger partial charge in [-0.05, 0) is 50.8 Å². The molecule has 5 nitrogen and oxygen atoms in total. The molecule has 2 aliphatic heterocycles. The molecular weight excluding hydrogens is 395 g/mol. The Morgan fingerprint density at radius 3 is 2.75 bits per heavy atom. The highest BCUT2D eigenvalue weighted by Crippen LogP contribution is 2.39. The second kappa shape index (κ2) is 7.45. The fraction of sp³-hybridized carbons (Fsp3) is 0.429. The van der Waals surface area contributed by atoms with Crippen molar-refractivity contribution < 1.29 is 4.79 Å². The first-order chi connectivity index (χ1) is 13.4. The van der Waals surface area contributed by atoms with E-state index in [1.54, 1.807) is 6.07 Å².